The van der Waals surface area contributed by atoms with E-state index in [9.17, 15) is 26.7 Å². The number of hydrogen-bond donors (Lipinski definition) is 1. The lowest BCUT2D eigenvalue weighted by atomic mass is 10.2. The molecular formula is C15H8F5N5O. The van der Waals surface area contributed by atoms with Crippen LogP contribution < -0.4 is 5.43 Å². The molecule has 0 bridgehead atoms. The van der Waals surface area contributed by atoms with Gasteiger partial charge in [0, 0.05) is 0 Å². The molecule has 26 heavy (non-hydrogen) atoms. The Kier molecular flexibility index (Phi) is 4.61. The van der Waals surface area contributed by atoms with Crippen molar-refractivity contribution in [1.82, 2.24) is 20.4 Å². The van der Waals surface area contributed by atoms with Crippen LogP contribution in [-0.2, 0) is 11.3 Å². The summed E-state index contributed by atoms with van der Waals surface area (Å²) in [4.78, 5) is 11.8. The predicted octanol–water partition coefficient (Wildman–Crippen LogP) is 2.28. The second-order valence-corrected chi connectivity index (χ2v) is 5.01. The summed E-state index contributed by atoms with van der Waals surface area (Å²) >= 11 is 0. The number of halogens is 5. The number of nitrogens with zero attached hydrogens (tertiary/aromatic N) is 4. The van der Waals surface area contributed by atoms with Crippen molar-refractivity contribution in [3.63, 3.8) is 0 Å². The van der Waals surface area contributed by atoms with E-state index in [1.54, 1.807) is 24.3 Å². The molecule has 0 spiro atoms. The first-order valence-electron chi connectivity index (χ1n) is 7.01. The van der Waals surface area contributed by atoms with E-state index in [1.807, 2.05) is 5.43 Å². The molecule has 6 nitrogen and oxygen atoms in total. The second kappa shape index (κ2) is 6.86. The van der Waals surface area contributed by atoms with Crippen LogP contribution in [0.5, 0.6) is 0 Å². The van der Waals surface area contributed by atoms with Gasteiger partial charge < -0.3 is 0 Å². The predicted molar refractivity (Wildman–Crippen MR) is 79.5 cm³/mol. The summed E-state index contributed by atoms with van der Waals surface area (Å²) in [6.45, 7) is -0.324. The van der Waals surface area contributed by atoms with Gasteiger partial charge in [-0.2, -0.15) is 5.10 Å². The first-order valence-corrected chi connectivity index (χ1v) is 7.01. The van der Waals surface area contributed by atoms with Crippen LogP contribution in [-0.4, -0.2) is 27.1 Å². The zero-order chi connectivity index (χ0) is 18.8. The fourth-order valence-corrected chi connectivity index (χ4v) is 2.11. The molecule has 0 aliphatic heterocycles. The molecule has 3 rings (SSSR count). The monoisotopic (exact) mass is 369 g/mol. The van der Waals surface area contributed by atoms with Gasteiger partial charge in [0.15, 0.2) is 23.3 Å². The minimum absolute atomic E-state index is 0.324. The molecule has 0 atom stereocenters. The Morgan fingerprint density at radius 2 is 1.65 bits per heavy atom. The molecule has 0 unspecified atom stereocenters. The highest BCUT2D eigenvalue weighted by Gasteiger charge is 2.24. The van der Waals surface area contributed by atoms with Crippen LogP contribution in [0, 0.1) is 29.1 Å². The summed E-state index contributed by atoms with van der Waals surface area (Å²) in [6.07, 6.45) is 0.327. The lowest BCUT2D eigenvalue weighted by Crippen LogP contribution is -2.24. The van der Waals surface area contributed by atoms with Crippen molar-refractivity contribution in [2.75, 3.05) is 0 Å². The van der Waals surface area contributed by atoms with Crippen molar-refractivity contribution in [1.29, 1.82) is 0 Å². The molecule has 1 heterocycles. The fourth-order valence-electron chi connectivity index (χ4n) is 2.11. The molecule has 0 fully saturated rings. The maximum Gasteiger partial charge on any atom is 0.261 e. The standard InChI is InChI=1S/C15H8F5N5O/c16-11-7(12(17)14(19)15(20)13(11)18)5-21-23-10(26)6-25-9-4-2-1-3-8(9)22-24-25/h1-5H,6H2,(H,23,26)/b21-5-. The summed E-state index contributed by atoms with van der Waals surface area (Å²) in [7, 11) is 0. The number of aromatic nitrogens is 3. The van der Waals surface area contributed by atoms with Crippen molar-refractivity contribution >= 4 is 23.2 Å². The van der Waals surface area contributed by atoms with E-state index in [0.717, 1.165) is 0 Å². The number of hydrazone groups is 1. The maximum absolute atomic E-state index is 13.5. The molecular weight excluding hydrogens is 361 g/mol. The van der Waals surface area contributed by atoms with Gasteiger partial charge in [-0.15, -0.1) is 5.10 Å². The maximum atomic E-state index is 13.5. The molecule has 0 radical (unpaired) electrons. The van der Waals surface area contributed by atoms with E-state index in [1.165, 1.54) is 4.68 Å². The van der Waals surface area contributed by atoms with Crippen molar-refractivity contribution < 1.29 is 26.7 Å². The van der Waals surface area contributed by atoms with Gasteiger partial charge in [-0.1, -0.05) is 17.3 Å². The minimum atomic E-state index is -2.28. The zero-order valence-electron chi connectivity index (χ0n) is 12.7. The lowest BCUT2D eigenvalue weighted by molar-refractivity contribution is -0.121. The van der Waals surface area contributed by atoms with Crippen LogP contribution in [0.3, 0.4) is 0 Å². The van der Waals surface area contributed by atoms with Crippen LogP contribution in [0.4, 0.5) is 22.0 Å². The van der Waals surface area contributed by atoms with Gasteiger partial charge in [0.25, 0.3) is 5.91 Å². The first kappa shape index (κ1) is 17.5. The molecule has 0 saturated heterocycles. The third-order valence-electron chi connectivity index (χ3n) is 3.34. The van der Waals surface area contributed by atoms with Crippen LogP contribution in [0.2, 0.25) is 0 Å². The topological polar surface area (TPSA) is 72.2 Å². The summed E-state index contributed by atoms with van der Waals surface area (Å²) in [6, 6.07) is 6.79. The van der Waals surface area contributed by atoms with Crippen LogP contribution in [0.25, 0.3) is 11.0 Å². The largest absolute Gasteiger partial charge is 0.271 e. The summed E-state index contributed by atoms with van der Waals surface area (Å²) in [5, 5.41) is 10.8. The van der Waals surface area contributed by atoms with Crippen molar-refractivity contribution in [2.45, 2.75) is 6.54 Å². The van der Waals surface area contributed by atoms with Crippen LogP contribution in [0.15, 0.2) is 29.4 Å². The SMILES string of the molecule is O=C(Cn1nnc2ccccc21)N/N=C\c1c(F)c(F)c(F)c(F)c1F. The molecule has 3 aromatic rings. The average Bonchev–Trinajstić information content (AvgIpc) is 3.04. The Balaban J connectivity index is 1.74. The van der Waals surface area contributed by atoms with E-state index in [2.05, 4.69) is 15.4 Å². The van der Waals surface area contributed by atoms with Gasteiger partial charge >= 0.3 is 0 Å². The summed E-state index contributed by atoms with van der Waals surface area (Å²) < 4.78 is 67.2. The highest BCUT2D eigenvalue weighted by molar-refractivity contribution is 5.83. The number of amides is 1. The molecule has 0 saturated carbocycles. The van der Waals surface area contributed by atoms with Gasteiger partial charge in [0.2, 0.25) is 5.82 Å². The van der Waals surface area contributed by atoms with Crippen LogP contribution in [0.1, 0.15) is 5.56 Å². The third kappa shape index (κ3) is 3.10. The highest BCUT2D eigenvalue weighted by atomic mass is 19.2. The van der Waals surface area contributed by atoms with E-state index < -0.39 is 40.6 Å². The van der Waals surface area contributed by atoms with Gasteiger partial charge in [-0.3, -0.25) is 4.79 Å². The average molecular weight is 369 g/mol. The van der Waals surface area contributed by atoms with Gasteiger partial charge in [0.1, 0.15) is 12.1 Å². The number of nitrogens with one attached hydrogen (secondary N) is 1. The molecule has 134 valence electrons. The molecule has 11 heteroatoms. The third-order valence-corrected chi connectivity index (χ3v) is 3.34. The number of rotatable bonds is 4. The molecule has 1 aromatic heterocycles. The minimum Gasteiger partial charge on any atom is -0.271 e. The van der Waals surface area contributed by atoms with Gasteiger partial charge in [-0.25, -0.2) is 32.1 Å². The fraction of sp³-hybridized carbons (Fsp3) is 0.0667. The second-order valence-electron chi connectivity index (χ2n) is 5.01. The van der Waals surface area contributed by atoms with Crippen molar-refractivity contribution in [3.05, 3.63) is 58.9 Å². The molecule has 2 aromatic carbocycles. The van der Waals surface area contributed by atoms with Gasteiger partial charge in [0.05, 0.1) is 17.3 Å². The van der Waals surface area contributed by atoms with E-state index in [-0.39, 0.29) is 6.54 Å². The Bertz CT molecular complexity index is 1000. The number of para-hydroxylation sites is 1. The van der Waals surface area contributed by atoms with E-state index in [4.69, 9.17) is 0 Å². The molecule has 1 N–H and O–H groups in total. The number of fused-ring (bicyclic) bond motifs is 1. The smallest absolute Gasteiger partial charge is 0.261 e. The molecule has 1 amide bonds. The quantitative estimate of drug-likeness (QED) is 0.252. The number of carbonyl (C=O) groups excluding carboxylic acids is 1. The lowest BCUT2D eigenvalue weighted by Gasteiger charge is -2.04. The Morgan fingerprint density at radius 1 is 1.04 bits per heavy atom. The van der Waals surface area contributed by atoms with Crippen molar-refractivity contribution in [2.24, 2.45) is 5.10 Å². The number of carbonyl (C=O) groups is 1. The first-order chi connectivity index (χ1) is 12.4. The van der Waals surface area contributed by atoms with Crippen molar-refractivity contribution in [3.8, 4) is 0 Å². The molecule has 0 aliphatic rings. The summed E-state index contributed by atoms with van der Waals surface area (Å²) in [5.74, 6) is -11.3. The Morgan fingerprint density at radius 3 is 2.35 bits per heavy atom. The van der Waals surface area contributed by atoms with Crippen LogP contribution >= 0.6 is 0 Å². The zero-order valence-corrected chi connectivity index (χ0v) is 12.7. The van der Waals surface area contributed by atoms with Gasteiger partial charge in [-0.05, 0) is 12.1 Å². The molecule has 0 aliphatic carbocycles. The number of hydrogen-bond acceptors (Lipinski definition) is 4. The Hall–Kier alpha value is -3.37. The normalized spacial score (nSPS) is 11.4. The highest BCUT2D eigenvalue weighted by Crippen LogP contribution is 2.21. The van der Waals surface area contributed by atoms with E-state index in [0.29, 0.717) is 17.2 Å². The number of benzene rings is 2. The Labute approximate surface area is 141 Å². The van der Waals surface area contributed by atoms with E-state index >= 15 is 0 Å². The summed E-state index contributed by atoms with van der Waals surface area (Å²) in [5.41, 5.74) is 1.75.